The number of fused-ring (bicyclic) bond motifs is 1. The normalized spacial score (nSPS) is 17.5. The van der Waals surface area contributed by atoms with Gasteiger partial charge in [0.15, 0.2) is 5.65 Å². The van der Waals surface area contributed by atoms with E-state index in [0.717, 1.165) is 55.0 Å². The molecule has 1 fully saturated rings. The van der Waals surface area contributed by atoms with E-state index in [-0.39, 0.29) is 0 Å². The van der Waals surface area contributed by atoms with Crippen LogP contribution in [-0.2, 0) is 0 Å². The van der Waals surface area contributed by atoms with E-state index in [9.17, 15) is 0 Å². The third kappa shape index (κ3) is 2.63. The first-order valence-electron chi connectivity index (χ1n) is 8.60. The van der Waals surface area contributed by atoms with Crippen LogP contribution in [0.3, 0.4) is 0 Å². The molecule has 0 spiro atoms. The largest absolute Gasteiger partial charge is 0.352 e. The van der Waals surface area contributed by atoms with E-state index in [1.165, 1.54) is 0 Å². The standard InChI is InChI=1S/C18H22N6/c1-2-10-23(15-8-9-19-11-15)17-16-12-22-24(18(16)21-13-20-17)14-6-4-3-5-7-14/h3-7,12-13,15,19H,2,8-11H2,1H3. The van der Waals surface area contributed by atoms with Crippen LogP contribution in [0.1, 0.15) is 19.8 Å². The molecule has 0 aliphatic carbocycles. The fourth-order valence-corrected chi connectivity index (χ4v) is 3.43. The number of hydrogen-bond donors (Lipinski definition) is 1. The molecule has 0 saturated carbocycles. The molecule has 1 aliphatic heterocycles. The van der Waals surface area contributed by atoms with E-state index in [1.807, 2.05) is 41.2 Å². The Balaban J connectivity index is 1.80. The van der Waals surface area contributed by atoms with E-state index in [1.54, 1.807) is 6.33 Å². The molecule has 3 aromatic rings. The SMILES string of the molecule is CCCN(c1ncnc2c1cnn2-c1ccccc1)C1CCNC1. The number of aromatic nitrogens is 4. The van der Waals surface area contributed by atoms with Gasteiger partial charge in [0.25, 0.3) is 0 Å². The highest BCUT2D eigenvalue weighted by atomic mass is 15.3. The highest BCUT2D eigenvalue weighted by Gasteiger charge is 2.25. The van der Waals surface area contributed by atoms with Gasteiger partial charge in [-0.05, 0) is 31.5 Å². The maximum Gasteiger partial charge on any atom is 0.168 e. The van der Waals surface area contributed by atoms with Gasteiger partial charge in [-0.1, -0.05) is 25.1 Å². The summed E-state index contributed by atoms with van der Waals surface area (Å²) >= 11 is 0. The number of anilines is 1. The van der Waals surface area contributed by atoms with Gasteiger partial charge in [0.1, 0.15) is 12.1 Å². The quantitative estimate of drug-likeness (QED) is 0.781. The minimum atomic E-state index is 0.489. The summed E-state index contributed by atoms with van der Waals surface area (Å²) in [4.78, 5) is 11.5. The first kappa shape index (κ1) is 15.1. The van der Waals surface area contributed by atoms with Gasteiger partial charge < -0.3 is 10.2 Å². The molecule has 1 aromatic carbocycles. The van der Waals surface area contributed by atoms with Gasteiger partial charge in [0.2, 0.25) is 0 Å². The van der Waals surface area contributed by atoms with Crippen LogP contribution < -0.4 is 10.2 Å². The minimum absolute atomic E-state index is 0.489. The number of nitrogens with one attached hydrogen (secondary N) is 1. The average Bonchev–Trinajstić information content (AvgIpc) is 3.30. The van der Waals surface area contributed by atoms with Gasteiger partial charge in [0.05, 0.1) is 17.3 Å². The third-order valence-corrected chi connectivity index (χ3v) is 4.56. The molecule has 3 heterocycles. The van der Waals surface area contributed by atoms with Crippen molar-refractivity contribution in [1.29, 1.82) is 0 Å². The second kappa shape index (κ2) is 6.57. The predicted octanol–water partition coefficient (Wildman–Crippen LogP) is 2.39. The zero-order chi connectivity index (χ0) is 16.4. The Bertz CT molecular complexity index is 807. The van der Waals surface area contributed by atoms with Gasteiger partial charge in [-0.3, -0.25) is 0 Å². The van der Waals surface area contributed by atoms with Gasteiger partial charge >= 0.3 is 0 Å². The van der Waals surface area contributed by atoms with Crippen LogP contribution in [-0.4, -0.2) is 45.4 Å². The molecular formula is C18H22N6. The fourth-order valence-electron chi connectivity index (χ4n) is 3.43. The van der Waals surface area contributed by atoms with Gasteiger partial charge in [-0.15, -0.1) is 0 Å². The van der Waals surface area contributed by atoms with E-state index < -0.39 is 0 Å². The van der Waals surface area contributed by atoms with Crippen molar-refractivity contribution in [1.82, 2.24) is 25.1 Å². The lowest BCUT2D eigenvalue weighted by molar-refractivity contribution is 0.620. The molecular weight excluding hydrogens is 300 g/mol. The Morgan fingerprint density at radius 3 is 2.88 bits per heavy atom. The first-order chi connectivity index (χ1) is 11.9. The Hall–Kier alpha value is -2.47. The molecule has 1 saturated heterocycles. The van der Waals surface area contributed by atoms with E-state index in [2.05, 4.69) is 32.2 Å². The van der Waals surface area contributed by atoms with Crippen LogP contribution in [0.25, 0.3) is 16.7 Å². The topological polar surface area (TPSA) is 58.9 Å². The summed E-state index contributed by atoms with van der Waals surface area (Å²) in [7, 11) is 0. The Kier molecular flexibility index (Phi) is 4.13. The second-order valence-electron chi connectivity index (χ2n) is 6.17. The Labute approximate surface area is 141 Å². The summed E-state index contributed by atoms with van der Waals surface area (Å²) in [5.41, 5.74) is 1.87. The van der Waals surface area contributed by atoms with Crippen molar-refractivity contribution in [2.75, 3.05) is 24.5 Å². The van der Waals surface area contributed by atoms with Crippen molar-refractivity contribution in [3.63, 3.8) is 0 Å². The van der Waals surface area contributed by atoms with Crippen molar-refractivity contribution < 1.29 is 0 Å². The second-order valence-corrected chi connectivity index (χ2v) is 6.17. The summed E-state index contributed by atoms with van der Waals surface area (Å²) < 4.78 is 1.89. The van der Waals surface area contributed by atoms with E-state index in [4.69, 9.17) is 0 Å². The first-order valence-corrected chi connectivity index (χ1v) is 8.60. The van der Waals surface area contributed by atoms with Crippen LogP contribution in [0, 0.1) is 0 Å². The monoisotopic (exact) mass is 322 g/mol. The summed E-state index contributed by atoms with van der Waals surface area (Å²) in [5, 5.41) is 9.04. The third-order valence-electron chi connectivity index (χ3n) is 4.56. The number of rotatable bonds is 5. The fraction of sp³-hybridized carbons (Fsp3) is 0.389. The summed E-state index contributed by atoms with van der Waals surface area (Å²) in [6.07, 6.45) is 5.79. The molecule has 124 valence electrons. The highest BCUT2D eigenvalue weighted by Crippen LogP contribution is 2.27. The maximum atomic E-state index is 4.61. The molecule has 1 aliphatic rings. The summed E-state index contributed by atoms with van der Waals surface area (Å²) in [6.45, 7) is 5.29. The minimum Gasteiger partial charge on any atom is -0.352 e. The van der Waals surface area contributed by atoms with Crippen molar-refractivity contribution in [2.24, 2.45) is 0 Å². The van der Waals surface area contributed by atoms with Crippen LogP contribution in [0.15, 0.2) is 42.9 Å². The highest BCUT2D eigenvalue weighted by molar-refractivity contribution is 5.87. The summed E-state index contributed by atoms with van der Waals surface area (Å²) in [6, 6.07) is 10.6. The van der Waals surface area contributed by atoms with Crippen LogP contribution in [0.5, 0.6) is 0 Å². The molecule has 0 bridgehead atoms. The van der Waals surface area contributed by atoms with Gasteiger partial charge in [0, 0.05) is 19.1 Å². The predicted molar refractivity (Wildman–Crippen MR) is 95.6 cm³/mol. The molecule has 1 N–H and O–H groups in total. The smallest absolute Gasteiger partial charge is 0.168 e. The van der Waals surface area contributed by atoms with Crippen LogP contribution in [0.2, 0.25) is 0 Å². The van der Waals surface area contributed by atoms with Crippen LogP contribution >= 0.6 is 0 Å². The molecule has 6 heteroatoms. The number of para-hydroxylation sites is 1. The lowest BCUT2D eigenvalue weighted by Gasteiger charge is -2.29. The lowest BCUT2D eigenvalue weighted by atomic mass is 10.2. The molecule has 4 rings (SSSR count). The molecule has 0 amide bonds. The number of benzene rings is 1. The van der Waals surface area contributed by atoms with Crippen molar-refractivity contribution >= 4 is 16.9 Å². The lowest BCUT2D eigenvalue weighted by Crippen LogP contribution is -2.38. The van der Waals surface area contributed by atoms with E-state index in [0.29, 0.717) is 6.04 Å². The summed E-state index contributed by atoms with van der Waals surface area (Å²) in [5.74, 6) is 0.998. The van der Waals surface area contributed by atoms with Crippen molar-refractivity contribution in [3.05, 3.63) is 42.9 Å². The molecule has 1 atom stereocenters. The van der Waals surface area contributed by atoms with Crippen LogP contribution in [0.4, 0.5) is 5.82 Å². The Morgan fingerprint density at radius 1 is 1.25 bits per heavy atom. The number of hydrogen-bond acceptors (Lipinski definition) is 5. The molecule has 2 aromatic heterocycles. The van der Waals surface area contributed by atoms with E-state index >= 15 is 0 Å². The zero-order valence-corrected chi connectivity index (χ0v) is 13.9. The molecule has 0 radical (unpaired) electrons. The maximum absolute atomic E-state index is 4.61. The molecule has 1 unspecified atom stereocenters. The zero-order valence-electron chi connectivity index (χ0n) is 13.9. The van der Waals surface area contributed by atoms with Crippen molar-refractivity contribution in [3.8, 4) is 5.69 Å². The number of nitrogens with zero attached hydrogens (tertiary/aromatic N) is 5. The van der Waals surface area contributed by atoms with Crippen molar-refractivity contribution in [2.45, 2.75) is 25.8 Å². The average molecular weight is 322 g/mol. The Morgan fingerprint density at radius 2 is 2.12 bits per heavy atom. The molecule has 24 heavy (non-hydrogen) atoms. The van der Waals surface area contributed by atoms with Gasteiger partial charge in [-0.2, -0.15) is 5.10 Å². The molecule has 6 nitrogen and oxygen atoms in total. The van der Waals surface area contributed by atoms with Gasteiger partial charge in [-0.25, -0.2) is 14.6 Å².